The normalized spacial score (nSPS) is 6.08. The quantitative estimate of drug-likeness (QED) is 0.471. The molecule has 0 heterocycles. The number of nitrogens with two attached hydrogens (primary N) is 2. The van der Waals surface area contributed by atoms with Gasteiger partial charge in [-0.05, 0) is 31.4 Å². The molecule has 0 spiro atoms. The van der Waals surface area contributed by atoms with Crippen LogP contribution in [-0.4, -0.2) is 24.6 Å². The summed E-state index contributed by atoms with van der Waals surface area (Å²) in [7, 11) is 2.87. The second kappa shape index (κ2) is 17.3. The van der Waals surface area contributed by atoms with E-state index in [4.69, 9.17) is 11.5 Å². The third-order valence-corrected chi connectivity index (χ3v) is 0.736. The van der Waals surface area contributed by atoms with Crippen LogP contribution < -0.4 is 11.5 Å². The van der Waals surface area contributed by atoms with Gasteiger partial charge >= 0.3 is 0 Å². The first-order chi connectivity index (χ1) is 5.95. The largest absolute Gasteiger partial charge is 0.475 e. The molecule has 4 N–H and O–H groups in total. The van der Waals surface area contributed by atoms with Crippen molar-refractivity contribution in [1.29, 1.82) is 0 Å². The van der Waals surface area contributed by atoms with Gasteiger partial charge in [0.15, 0.2) is 0 Å². The van der Waals surface area contributed by atoms with Crippen molar-refractivity contribution in [2.45, 2.75) is 6.92 Å². The highest BCUT2D eigenvalue weighted by Crippen LogP contribution is 1.58. The van der Waals surface area contributed by atoms with Crippen molar-refractivity contribution >= 4 is 34.8 Å². The Kier molecular flexibility index (Phi) is 23.9. The Hall–Kier alpha value is -0.880. The van der Waals surface area contributed by atoms with Gasteiger partial charge in [0.2, 0.25) is 0 Å². The standard InChI is InChI=1S/C3H6.2C2H5NOS/c1-3-2;2*1-4-2(3)5/h3H,1H2,2H3;2*1H3,(H2,3,5). The Morgan fingerprint density at radius 3 is 1.23 bits per heavy atom. The summed E-state index contributed by atoms with van der Waals surface area (Å²) in [6.07, 6.45) is 1.75. The van der Waals surface area contributed by atoms with Crippen molar-refractivity contribution in [2.24, 2.45) is 11.5 Å². The molecule has 0 aliphatic heterocycles. The van der Waals surface area contributed by atoms with Crippen LogP contribution in [0.25, 0.3) is 0 Å². The number of methoxy groups -OCH3 is 2. The van der Waals surface area contributed by atoms with Crippen LogP contribution in [0, 0.1) is 0 Å². The van der Waals surface area contributed by atoms with Gasteiger partial charge in [-0.25, -0.2) is 0 Å². The smallest absolute Gasteiger partial charge is 0.253 e. The van der Waals surface area contributed by atoms with Gasteiger partial charge in [-0.1, -0.05) is 6.08 Å². The van der Waals surface area contributed by atoms with Crippen molar-refractivity contribution in [1.82, 2.24) is 0 Å². The molecule has 6 heteroatoms. The Morgan fingerprint density at radius 2 is 1.23 bits per heavy atom. The van der Waals surface area contributed by atoms with E-state index in [1.165, 1.54) is 14.2 Å². The number of allylic oxidation sites excluding steroid dienone is 1. The van der Waals surface area contributed by atoms with Crippen LogP contribution in [0.4, 0.5) is 0 Å². The molecule has 0 bridgehead atoms. The molecule has 0 aromatic heterocycles. The van der Waals surface area contributed by atoms with Gasteiger partial charge in [0.05, 0.1) is 14.2 Å². The van der Waals surface area contributed by atoms with Crippen LogP contribution in [0.5, 0.6) is 0 Å². The van der Waals surface area contributed by atoms with E-state index in [-0.39, 0.29) is 10.3 Å². The molecule has 78 valence electrons. The maximum absolute atomic E-state index is 4.80. The molecule has 4 nitrogen and oxygen atoms in total. The molecular weight excluding hydrogens is 208 g/mol. The first-order valence-corrected chi connectivity index (χ1v) is 4.01. The number of hydrogen-bond acceptors (Lipinski definition) is 4. The van der Waals surface area contributed by atoms with Gasteiger partial charge in [0.25, 0.3) is 10.3 Å². The Labute approximate surface area is 89.9 Å². The lowest BCUT2D eigenvalue weighted by Crippen LogP contribution is -2.08. The van der Waals surface area contributed by atoms with E-state index in [9.17, 15) is 0 Å². The van der Waals surface area contributed by atoms with Crippen molar-refractivity contribution in [3.63, 3.8) is 0 Å². The minimum absolute atomic E-state index is 0.0880. The van der Waals surface area contributed by atoms with E-state index in [0.29, 0.717) is 0 Å². The van der Waals surface area contributed by atoms with Crippen LogP contribution >= 0.6 is 24.4 Å². The summed E-state index contributed by atoms with van der Waals surface area (Å²) >= 11 is 8.50. The number of thiocarbonyl (C=S) groups is 2. The van der Waals surface area contributed by atoms with Crippen molar-refractivity contribution in [3.05, 3.63) is 12.7 Å². The summed E-state index contributed by atoms with van der Waals surface area (Å²) in [6.45, 7) is 5.25. The fraction of sp³-hybridized carbons (Fsp3) is 0.429. The molecule has 0 radical (unpaired) electrons. The molecule has 0 fully saturated rings. The van der Waals surface area contributed by atoms with Gasteiger partial charge in [0, 0.05) is 0 Å². The predicted octanol–water partition coefficient (Wildman–Crippen LogP) is 0.945. The summed E-state index contributed by atoms with van der Waals surface area (Å²) in [5.41, 5.74) is 9.60. The average molecular weight is 224 g/mol. The van der Waals surface area contributed by atoms with E-state index in [2.05, 4.69) is 40.5 Å². The van der Waals surface area contributed by atoms with E-state index < -0.39 is 0 Å². The molecule has 0 rings (SSSR count). The molecule has 0 saturated heterocycles. The van der Waals surface area contributed by atoms with Crippen LogP contribution in [0.3, 0.4) is 0 Å². The average Bonchev–Trinajstić information content (AvgIpc) is 2.07. The van der Waals surface area contributed by atoms with Crippen LogP contribution in [0.1, 0.15) is 6.92 Å². The van der Waals surface area contributed by atoms with E-state index in [1.54, 1.807) is 6.08 Å². The molecule has 0 amide bonds. The van der Waals surface area contributed by atoms with Crippen molar-refractivity contribution in [2.75, 3.05) is 14.2 Å². The zero-order chi connectivity index (χ0) is 11.3. The highest BCUT2D eigenvalue weighted by Gasteiger charge is 1.69. The zero-order valence-corrected chi connectivity index (χ0v) is 9.71. The number of hydrogen-bond donors (Lipinski definition) is 2. The first kappa shape index (κ1) is 18.0. The molecule has 0 aliphatic rings. The van der Waals surface area contributed by atoms with Gasteiger partial charge in [-0.2, -0.15) is 0 Å². The van der Waals surface area contributed by atoms with Crippen LogP contribution in [0.2, 0.25) is 0 Å². The first-order valence-electron chi connectivity index (χ1n) is 3.20. The molecule has 0 saturated carbocycles. The second-order valence-corrected chi connectivity index (χ2v) is 2.26. The van der Waals surface area contributed by atoms with E-state index in [0.717, 1.165) is 0 Å². The van der Waals surface area contributed by atoms with Crippen molar-refractivity contribution in [3.8, 4) is 0 Å². The highest BCUT2D eigenvalue weighted by molar-refractivity contribution is 7.80. The minimum Gasteiger partial charge on any atom is -0.475 e. The summed E-state index contributed by atoms with van der Waals surface area (Å²) in [5, 5.41) is 0.176. The summed E-state index contributed by atoms with van der Waals surface area (Å²) < 4.78 is 8.52. The third kappa shape index (κ3) is 95.0. The molecule has 0 aromatic rings. The number of ether oxygens (including phenoxy) is 2. The minimum atomic E-state index is 0.0880. The van der Waals surface area contributed by atoms with E-state index >= 15 is 0 Å². The second-order valence-electron chi connectivity index (χ2n) is 1.45. The van der Waals surface area contributed by atoms with Gasteiger partial charge in [-0.3, -0.25) is 0 Å². The summed E-state index contributed by atoms with van der Waals surface area (Å²) in [5.74, 6) is 0. The molecular formula is C7H16N2O2S2. The van der Waals surface area contributed by atoms with Crippen molar-refractivity contribution < 1.29 is 9.47 Å². The number of rotatable bonds is 0. The molecule has 13 heavy (non-hydrogen) atoms. The van der Waals surface area contributed by atoms with Gasteiger partial charge in [-0.15, -0.1) is 6.58 Å². The van der Waals surface area contributed by atoms with Gasteiger partial charge in [0.1, 0.15) is 0 Å². The predicted molar refractivity (Wildman–Crippen MR) is 63.5 cm³/mol. The summed E-state index contributed by atoms with van der Waals surface area (Å²) in [4.78, 5) is 0. The summed E-state index contributed by atoms with van der Waals surface area (Å²) in [6, 6.07) is 0. The van der Waals surface area contributed by atoms with Crippen LogP contribution in [0.15, 0.2) is 12.7 Å². The van der Waals surface area contributed by atoms with Crippen LogP contribution in [-0.2, 0) is 9.47 Å². The molecule has 0 unspecified atom stereocenters. The van der Waals surface area contributed by atoms with E-state index in [1.807, 2.05) is 6.92 Å². The molecule has 0 atom stereocenters. The Morgan fingerprint density at radius 1 is 1.15 bits per heavy atom. The maximum atomic E-state index is 4.80. The Balaban J connectivity index is -0.000000120. The topological polar surface area (TPSA) is 70.5 Å². The molecule has 0 aromatic carbocycles. The third-order valence-electron chi connectivity index (χ3n) is 0.402. The lowest BCUT2D eigenvalue weighted by atomic mass is 10.8. The highest BCUT2D eigenvalue weighted by atomic mass is 32.1. The van der Waals surface area contributed by atoms with Gasteiger partial charge < -0.3 is 20.9 Å². The SMILES string of the molecule is C=CC.COC(N)=S.COC(N)=S. The lowest BCUT2D eigenvalue weighted by Gasteiger charge is -1.85. The monoisotopic (exact) mass is 224 g/mol. The lowest BCUT2D eigenvalue weighted by molar-refractivity contribution is 0.408. The molecule has 0 aliphatic carbocycles. The Bertz CT molecular complexity index is 137. The maximum Gasteiger partial charge on any atom is 0.253 e. The fourth-order valence-corrected chi connectivity index (χ4v) is 0. The fourth-order valence-electron chi connectivity index (χ4n) is 0. The zero-order valence-electron chi connectivity index (χ0n) is 8.07.